The highest BCUT2D eigenvalue weighted by Crippen LogP contribution is 2.48. The molecule has 0 unspecified atom stereocenters. The molecule has 0 aliphatic heterocycles. The largest absolute Gasteiger partial charge is 0.469 e. The van der Waals surface area contributed by atoms with Crippen LogP contribution >= 0.6 is 11.6 Å². The van der Waals surface area contributed by atoms with E-state index in [2.05, 4.69) is 13.8 Å². The average molecular weight is 281 g/mol. The topological polar surface area (TPSA) is 26.3 Å². The van der Waals surface area contributed by atoms with E-state index >= 15 is 0 Å². The second kappa shape index (κ2) is 5.54. The van der Waals surface area contributed by atoms with Crippen LogP contribution in [0.15, 0.2) is 24.3 Å². The summed E-state index contributed by atoms with van der Waals surface area (Å²) in [6.07, 6.45) is 2.89. The zero-order valence-electron chi connectivity index (χ0n) is 11.8. The molecule has 1 aliphatic carbocycles. The molecule has 0 saturated heterocycles. The molecule has 1 saturated carbocycles. The van der Waals surface area contributed by atoms with Crippen LogP contribution < -0.4 is 0 Å². The average Bonchev–Trinajstić information content (AvgIpc) is 2.37. The van der Waals surface area contributed by atoms with E-state index in [-0.39, 0.29) is 23.2 Å². The van der Waals surface area contributed by atoms with Crippen molar-refractivity contribution in [2.24, 2.45) is 11.3 Å². The summed E-state index contributed by atoms with van der Waals surface area (Å²) in [7, 11) is 1.46. The molecule has 0 heterocycles. The Morgan fingerprint density at radius 2 is 2.05 bits per heavy atom. The Morgan fingerprint density at radius 3 is 2.68 bits per heavy atom. The van der Waals surface area contributed by atoms with Crippen molar-refractivity contribution in [1.29, 1.82) is 0 Å². The van der Waals surface area contributed by atoms with Crippen LogP contribution in [0, 0.1) is 11.3 Å². The van der Waals surface area contributed by atoms with Crippen LogP contribution in [-0.2, 0) is 9.53 Å². The van der Waals surface area contributed by atoms with Gasteiger partial charge in [-0.3, -0.25) is 4.79 Å². The zero-order chi connectivity index (χ0) is 14.0. The van der Waals surface area contributed by atoms with Crippen LogP contribution in [0.25, 0.3) is 0 Å². The third-order valence-electron chi connectivity index (χ3n) is 4.20. The predicted octanol–water partition coefficient (Wildman–Crippen LogP) is 4.42. The number of methoxy groups -OCH3 is 1. The molecule has 0 spiro atoms. The Balaban J connectivity index is 2.35. The maximum absolute atomic E-state index is 12.0. The second-order valence-corrected chi connectivity index (χ2v) is 6.57. The van der Waals surface area contributed by atoms with Crippen molar-refractivity contribution >= 4 is 17.6 Å². The molecule has 2 atom stereocenters. The number of benzene rings is 1. The fourth-order valence-corrected chi connectivity index (χ4v) is 3.40. The van der Waals surface area contributed by atoms with E-state index in [4.69, 9.17) is 16.3 Å². The molecular weight excluding hydrogens is 260 g/mol. The minimum Gasteiger partial charge on any atom is -0.469 e. The summed E-state index contributed by atoms with van der Waals surface area (Å²) in [5.41, 5.74) is 1.32. The number of halogens is 1. The predicted molar refractivity (Wildman–Crippen MR) is 77.3 cm³/mol. The number of hydrogen-bond donors (Lipinski definition) is 0. The Hall–Kier alpha value is -1.02. The van der Waals surface area contributed by atoms with Crippen LogP contribution in [0.4, 0.5) is 0 Å². The lowest BCUT2D eigenvalue weighted by atomic mass is 9.65. The number of esters is 1. The molecule has 3 heteroatoms. The smallest absolute Gasteiger partial charge is 0.309 e. The van der Waals surface area contributed by atoms with Crippen LogP contribution in [0.5, 0.6) is 0 Å². The van der Waals surface area contributed by atoms with E-state index in [0.717, 1.165) is 29.8 Å². The fraction of sp³-hybridized carbons (Fsp3) is 0.562. The Labute approximate surface area is 120 Å². The molecule has 19 heavy (non-hydrogen) atoms. The standard InChI is InChI=1S/C16H21ClO2/c1-16(2)9-8-12(15(18)19-3)13(10-16)11-6-4-5-7-14(11)17/h4-7,12-13H,8-10H2,1-3H3/t12-,13+/m0/s1. The van der Waals surface area contributed by atoms with Crippen molar-refractivity contribution in [3.05, 3.63) is 34.9 Å². The zero-order valence-corrected chi connectivity index (χ0v) is 12.5. The normalized spacial score (nSPS) is 25.9. The summed E-state index contributed by atoms with van der Waals surface area (Å²) in [4.78, 5) is 12.0. The van der Waals surface area contributed by atoms with E-state index in [0.29, 0.717) is 0 Å². The monoisotopic (exact) mass is 280 g/mol. The highest BCUT2D eigenvalue weighted by atomic mass is 35.5. The quantitative estimate of drug-likeness (QED) is 0.750. The Morgan fingerprint density at radius 1 is 1.37 bits per heavy atom. The third kappa shape index (κ3) is 3.11. The van der Waals surface area contributed by atoms with Crippen molar-refractivity contribution in [1.82, 2.24) is 0 Å². The van der Waals surface area contributed by atoms with Crippen LogP contribution in [0.2, 0.25) is 5.02 Å². The summed E-state index contributed by atoms with van der Waals surface area (Å²) in [6, 6.07) is 7.83. The number of ether oxygens (including phenoxy) is 1. The van der Waals surface area contributed by atoms with Crippen molar-refractivity contribution in [3.63, 3.8) is 0 Å². The van der Waals surface area contributed by atoms with Crippen molar-refractivity contribution in [3.8, 4) is 0 Å². The summed E-state index contributed by atoms with van der Waals surface area (Å²) in [5.74, 6) is -0.0248. The summed E-state index contributed by atoms with van der Waals surface area (Å²) in [5, 5.41) is 0.749. The van der Waals surface area contributed by atoms with E-state index in [1.807, 2.05) is 24.3 Å². The molecule has 104 valence electrons. The van der Waals surface area contributed by atoms with Gasteiger partial charge in [-0.2, -0.15) is 0 Å². The first-order valence-electron chi connectivity index (χ1n) is 6.77. The van der Waals surface area contributed by atoms with Gasteiger partial charge in [0.25, 0.3) is 0 Å². The van der Waals surface area contributed by atoms with Crippen molar-refractivity contribution in [2.75, 3.05) is 7.11 Å². The highest BCUT2D eigenvalue weighted by Gasteiger charge is 2.40. The lowest BCUT2D eigenvalue weighted by Gasteiger charge is -2.40. The van der Waals surface area contributed by atoms with Crippen LogP contribution in [0.3, 0.4) is 0 Å². The lowest BCUT2D eigenvalue weighted by molar-refractivity contribution is -0.148. The van der Waals surface area contributed by atoms with E-state index in [1.165, 1.54) is 7.11 Å². The first-order valence-corrected chi connectivity index (χ1v) is 7.15. The minimum atomic E-state index is -0.111. The van der Waals surface area contributed by atoms with Gasteiger partial charge < -0.3 is 4.74 Å². The van der Waals surface area contributed by atoms with Gasteiger partial charge in [-0.25, -0.2) is 0 Å². The molecule has 0 N–H and O–H groups in total. The van der Waals surface area contributed by atoms with Crippen molar-refractivity contribution in [2.45, 2.75) is 39.0 Å². The van der Waals surface area contributed by atoms with Gasteiger partial charge in [0.05, 0.1) is 13.0 Å². The van der Waals surface area contributed by atoms with Gasteiger partial charge in [0.1, 0.15) is 0 Å². The maximum Gasteiger partial charge on any atom is 0.309 e. The van der Waals surface area contributed by atoms with Gasteiger partial charge in [0.2, 0.25) is 0 Å². The SMILES string of the molecule is COC(=O)[C@H]1CCC(C)(C)C[C@@H]1c1ccccc1Cl. The van der Waals surface area contributed by atoms with Gasteiger partial charge in [-0.05, 0) is 42.2 Å². The van der Waals surface area contributed by atoms with Gasteiger partial charge >= 0.3 is 5.97 Å². The van der Waals surface area contributed by atoms with Crippen molar-refractivity contribution < 1.29 is 9.53 Å². The first kappa shape index (κ1) is 14.4. The van der Waals surface area contributed by atoms with Gasteiger partial charge in [-0.1, -0.05) is 43.6 Å². The molecule has 0 bridgehead atoms. The molecule has 1 fully saturated rings. The van der Waals surface area contributed by atoms with Crippen LogP contribution in [0.1, 0.15) is 44.6 Å². The first-order chi connectivity index (χ1) is 8.94. The molecule has 1 aliphatic rings. The van der Waals surface area contributed by atoms with E-state index < -0.39 is 0 Å². The van der Waals surface area contributed by atoms with Gasteiger partial charge in [0.15, 0.2) is 0 Å². The molecule has 2 nitrogen and oxygen atoms in total. The lowest BCUT2D eigenvalue weighted by Crippen LogP contribution is -2.33. The number of carbonyl (C=O) groups is 1. The minimum absolute atomic E-state index is 0.0714. The highest BCUT2D eigenvalue weighted by molar-refractivity contribution is 6.31. The van der Waals surface area contributed by atoms with E-state index in [9.17, 15) is 4.79 Å². The van der Waals surface area contributed by atoms with Gasteiger partial charge in [0, 0.05) is 5.02 Å². The Bertz CT molecular complexity index is 468. The molecule has 0 amide bonds. The molecule has 0 aromatic heterocycles. The molecular formula is C16H21ClO2. The van der Waals surface area contributed by atoms with E-state index in [1.54, 1.807) is 0 Å². The number of rotatable bonds is 2. The molecule has 1 aromatic rings. The Kier molecular flexibility index (Phi) is 4.19. The molecule has 1 aromatic carbocycles. The van der Waals surface area contributed by atoms with Crippen LogP contribution in [-0.4, -0.2) is 13.1 Å². The summed E-state index contributed by atoms with van der Waals surface area (Å²) >= 11 is 6.31. The second-order valence-electron chi connectivity index (χ2n) is 6.16. The van der Waals surface area contributed by atoms with Gasteiger partial charge in [-0.15, -0.1) is 0 Å². The summed E-state index contributed by atoms with van der Waals surface area (Å²) < 4.78 is 4.97. The number of carbonyl (C=O) groups excluding carboxylic acids is 1. The summed E-state index contributed by atoms with van der Waals surface area (Å²) in [6.45, 7) is 4.51. The number of hydrogen-bond acceptors (Lipinski definition) is 2. The molecule has 0 radical (unpaired) electrons. The maximum atomic E-state index is 12.0. The third-order valence-corrected chi connectivity index (χ3v) is 4.54. The molecule has 2 rings (SSSR count). The fourth-order valence-electron chi connectivity index (χ4n) is 3.12.